The minimum atomic E-state index is -0.279. The Balaban J connectivity index is 1.35. The predicted molar refractivity (Wildman–Crippen MR) is 128 cm³/mol. The Morgan fingerprint density at radius 1 is 1.27 bits per heavy atom. The van der Waals surface area contributed by atoms with Crippen molar-refractivity contribution >= 4 is 34.2 Å². The van der Waals surface area contributed by atoms with Crippen LogP contribution in [0.4, 0.5) is 5.69 Å². The van der Waals surface area contributed by atoms with Gasteiger partial charge in [0, 0.05) is 23.9 Å². The van der Waals surface area contributed by atoms with Crippen LogP contribution in [0.2, 0.25) is 5.02 Å². The lowest BCUT2D eigenvalue weighted by atomic mass is 9.74. The molecule has 2 saturated carbocycles. The summed E-state index contributed by atoms with van der Waals surface area (Å²) < 4.78 is 6.27. The van der Waals surface area contributed by atoms with Gasteiger partial charge in [0.05, 0.1) is 40.0 Å². The first kappa shape index (κ1) is 20.7. The lowest BCUT2D eigenvalue weighted by Gasteiger charge is -2.44. The summed E-state index contributed by atoms with van der Waals surface area (Å²) in [6, 6.07) is 5.74. The number of H-pyrrole nitrogens is 1. The fourth-order valence-corrected chi connectivity index (χ4v) is 5.72. The van der Waals surface area contributed by atoms with Crippen LogP contribution in [0.25, 0.3) is 11.0 Å². The van der Waals surface area contributed by atoms with Crippen molar-refractivity contribution in [1.82, 2.24) is 20.4 Å². The molecule has 2 fully saturated rings. The molecule has 172 valence electrons. The first-order chi connectivity index (χ1) is 15.9. The zero-order chi connectivity index (χ0) is 22.7. The number of nitrogens with zero attached hydrogens (tertiary/aromatic N) is 2. The van der Waals surface area contributed by atoms with E-state index < -0.39 is 0 Å². The third-order valence-electron chi connectivity index (χ3n) is 7.22. The fraction of sp³-hybridized carbons (Fsp3) is 0.440. The molecule has 33 heavy (non-hydrogen) atoms. The molecule has 0 bridgehead atoms. The Morgan fingerprint density at radius 2 is 2.06 bits per heavy atom. The third-order valence-corrected chi connectivity index (χ3v) is 7.52. The number of carbonyl (C=O) groups is 1. The van der Waals surface area contributed by atoms with E-state index in [0.29, 0.717) is 23.2 Å². The predicted octanol–water partition coefficient (Wildman–Crippen LogP) is 5.60. The van der Waals surface area contributed by atoms with Crippen LogP contribution >= 0.6 is 11.6 Å². The number of hydrogen-bond acceptors (Lipinski definition) is 5. The van der Waals surface area contributed by atoms with Gasteiger partial charge in [0.1, 0.15) is 5.58 Å². The van der Waals surface area contributed by atoms with Gasteiger partial charge in [0.2, 0.25) is 0 Å². The van der Waals surface area contributed by atoms with Crippen molar-refractivity contribution in [3.05, 3.63) is 58.3 Å². The standard InChI is InChI=1S/C25H28ClN5O2/c1-14-27-22-18(26)10-16-11-20(33-23(16)21(22)25(28-14)8-4-3-5-9-25)24(32)31(2)13-17-12-19(30-29-17)15-6-7-15/h10-12,15,27-28H,1,3-9,13H2,2H3,(H,29,30). The van der Waals surface area contributed by atoms with Crippen molar-refractivity contribution in [2.24, 2.45) is 0 Å². The van der Waals surface area contributed by atoms with Crippen molar-refractivity contribution in [3.63, 3.8) is 0 Å². The number of benzene rings is 1. The second-order valence-corrected chi connectivity index (χ2v) is 10.2. The largest absolute Gasteiger partial charge is 0.450 e. The van der Waals surface area contributed by atoms with E-state index in [4.69, 9.17) is 16.0 Å². The van der Waals surface area contributed by atoms with Crippen LogP contribution in [0, 0.1) is 0 Å². The van der Waals surface area contributed by atoms with Crippen LogP contribution < -0.4 is 10.6 Å². The minimum Gasteiger partial charge on any atom is -0.450 e. The Kier molecular flexibility index (Phi) is 4.73. The number of anilines is 1. The lowest BCUT2D eigenvalue weighted by molar-refractivity contribution is 0.0754. The number of fused-ring (bicyclic) bond motifs is 4. The summed E-state index contributed by atoms with van der Waals surface area (Å²) in [5, 5.41) is 15.8. The molecule has 0 saturated heterocycles. The maximum atomic E-state index is 13.3. The highest BCUT2D eigenvalue weighted by Crippen LogP contribution is 2.50. The Bertz CT molecular complexity index is 1270. The number of aromatic amines is 1. The number of furan rings is 1. The lowest BCUT2D eigenvalue weighted by Crippen LogP contribution is -2.48. The molecule has 1 spiro atoms. The maximum Gasteiger partial charge on any atom is 0.289 e. The van der Waals surface area contributed by atoms with Gasteiger partial charge in [-0.05, 0) is 43.9 Å². The van der Waals surface area contributed by atoms with Crippen LogP contribution in [0.1, 0.15) is 78.4 Å². The van der Waals surface area contributed by atoms with E-state index in [0.717, 1.165) is 65.1 Å². The van der Waals surface area contributed by atoms with E-state index in [-0.39, 0.29) is 11.4 Å². The Morgan fingerprint density at radius 3 is 2.82 bits per heavy atom. The number of carbonyl (C=O) groups excluding carboxylic acids is 1. The van der Waals surface area contributed by atoms with Crippen molar-refractivity contribution < 1.29 is 9.21 Å². The highest BCUT2D eigenvalue weighted by atomic mass is 35.5. The molecule has 0 unspecified atom stereocenters. The molecule has 3 N–H and O–H groups in total. The topological polar surface area (TPSA) is 86.2 Å². The molecule has 0 radical (unpaired) electrons. The van der Waals surface area contributed by atoms with E-state index in [2.05, 4.69) is 33.5 Å². The highest BCUT2D eigenvalue weighted by molar-refractivity contribution is 6.34. The summed E-state index contributed by atoms with van der Waals surface area (Å²) in [7, 11) is 1.78. The molecule has 3 heterocycles. The molecule has 2 aromatic heterocycles. The minimum absolute atomic E-state index is 0.169. The summed E-state index contributed by atoms with van der Waals surface area (Å²) in [4.78, 5) is 14.9. The van der Waals surface area contributed by atoms with Gasteiger partial charge in [-0.1, -0.05) is 37.4 Å². The summed E-state index contributed by atoms with van der Waals surface area (Å²) in [5.41, 5.74) is 4.31. The molecular formula is C25H28ClN5O2. The van der Waals surface area contributed by atoms with Gasteiger partial charge < -0.3 is 20.0 Å². The first-order valence-electron chi connectivity index (χ1n) is 11.7. The van der Waals surface area contributed by atoms with Crippen molar-refractivity contribution in [2.75, 3.05) is 12.4 Å². The average molecular weight is 466 g/mol. The molecule has 6 rings (SSSR count). The fourth-order valence-electron chi connectivity index (χ4n) is 5.46. The van der Waals surface area contributed by atoms with Gasteiger partial charge in [-0.3, -0.25) is 9.89 Å². The van der Waals surface area contributed by atoms with Gasteiger partial charge in [-0.15, -0.1) is 0 Å². The zero-order valence-electron chi connectivity index (χ0n) is 18.8. The second kappa shape index (κ2) is 7.55. The molecule has 3 aliphatic rings. The van der Waals surface area contributed by atoms with Crippen LogP contribution in [-0.2, 0) is 12.1 Å². The molecular weight excluding hydrogens is 438 g/mol. The van der Waals surface area contributed by atoms with Crippen LogP contribution in [0.15, 0.2) is 35.0 Å². The molecule has 8 heteroatoms. The molecule has 0 atom stereocenters. The van der Waals surface area contributed by atoms with Gasteiger partial charge in [-0.2, -0.15) is 5.10 Å². The molecule has 1 amide bonds. The Hall–Kier alpha value is -2.93. The van der Waals surface area contributed by atoms with E-state index in [9.17, 15) is 4.79 Å². The molecule has 2 aliphatic carbocycles. The average Bonchev–Trinajstić information content (AvgIpc) is 3.40. The smallest absolute Gasteiger partial charge is 0.289 e. The van der Waals surface area contributed by atoms with E-state index in [1.165, 1.54) is 19.3 Å². The summed E-state index contributed by atoms with van der Waals surface area (Å²) in [5.74, 6) is 1.47. The number of aromatic nitrogens is 2. The van der Waals surface area contributed by atoms with Crippen LogP contribution in [0.3, 0.4) is 0 Å². The number of hydrogen-bond donors (Lipinski definition) is 3. The Labute approximate surface area is 197 Å². The highest BCUT2D eigenvalue weighted by Gasteiger charge is 2.42. The van der Waals surface area contributed by atoms with Crippen molar-refractivity contribution in [1.29, 1.82) is 0 Å². The maximum absolute atomic E-state index is 13.3. The van der Waals surface area contributed by atoms with Gasteiger partial charge in [-0.25, -0.2) is 0 Å². The summed E-state index contributed by atoms with van der Waals surface area (Å²) in [6.45, 7) is 4.56. The zero-order valence-corrected chi connectivity index (χ0v) is 19.5. The summed E-state index contributed by atoms with van der Waals surface area (Å²) in [6.07, 6.45) is 7.80. The van der Waals surface area contributed by atoms with Gasteiger partial charge in [0.15, 0.2) is 5.76 Å². The monoisotopic (exact) mass is 465 g/mol. The number of nitrogens with one attached hydrogen (secondary N) is 3. The molecule has 1 aliphatic heterocycles. The van der Waals surface area contributed by atoms with Crippen molar-refractivity contribution in [3.8, 4) is 0 Å². The van der Waals surface area contributed by atoms with Crippen LogP contribution in [0.5, 0.6) is 0 Å². The van der Waals surface area contributed by atoms with E-state index in [1.54, 1.807) is 11.9 Å². The SMILES string of the molecule is C=C1Nc2c(Cl)cc3cc(C(=O)N(C)Cc4cc(C5CC5)n[nH]4)oc3c2C2(CCCCC2)N1. The number of rotatable bonds is 4. The number of halogens is 1. The third kappa shape index (κ3) is 3.50. The number of amides is 1. The summed E-state index contributed by atoms with van der Waals surface area (Å²) >= 11 is 6.70. The van der Waals surface area contributed by atoms with E-state index >= 15 is 0 Å². The normalized spacial score (nSPS) is 19.3. The van der Waals surface area contributed by atoms with Gasteiger partial charge >= 0.3 is 0 Å². The van der Waals surface area contributed by atoms with Crippen LogP contribution in [-0.4, -0.2) is 28.1 Å². The molecule has 7 nitrogen and oxygen atoms in total. The molecule has 3 aromatic rings. The van der Waals surface area contributed by atoms with Crippen molar-refractivity contribution in [2.45, 2.75) is 62.9 Å². The molecule has 1 aromatic carbocycles. The first-order valence-corrected chi connectivity index (χ1v) is 12.1. The van der Waals surface area contributed by atoms with E-state index in [1.807, 2.05) is 12.1 Å². The quantitative estimate of drug-likeness (QED) is 0.466. The second-order valence-electron chi connectivity index (χ2n) is 9.76. The van der Waals surface area contributed by atoms with Gasteiger partial charge in [0.25, 0.3) is 5.91 Å².